The van der Waals surface area contributed by atoms with Gasteiger partial charge in [-0.3, -0.25) is 4.98 Å². The van der Waals surface area contributed by atoms with E-state index in [1.165, 1.54) is 5.56 Å². The normalized spacial score (nSPS) is 10.4. The maximum atomic E-state index is 11.0. The average molecular weight is 259 g/mol. The van der Waals surface area contributed by atoms with Gasteiger partial charge >= 0.3 is 5.97 Å². The van der Waals surface area contributed by atoms with Crippen LogP contribution < -0.4 is 0 Å². The Labute approximate surface area is 111 Å². The summed E-state index contributed by atoms with van der Waals surface area (Å²) in [6, 6.07) is 9.44. The van der Waals surface area contributed by atoms with Gasteiger partial charge in [0.1, 0.15) is 0 Å². The highest BCUT2D eigenvalue weighted by atomic mass is 32.1. The molecule has 3 nitrogen and oxygen atoms in total. The van der Waals surface area contributed by atoms with Crippen molar-refractivity contribution >= 4 is 18.6 Å². The molecule has 18 heavy (non-hydrogen) atoms. The molecule has 0 aliphatic heterocycles. The second kappa shape index (κ2) is 4.82. The zero-order valence-electron chi connectivity index (χ0n) is 10.1. The predicted octanol–water partition coefficient (Wildman–Crippen LogP) is 3.35. The van der Waals surface area contributed by atoms with Crippen LogP contribution in [0.3, 0.4) is 0 Å². The van der Waals surface area contributed by atoms with Gasteiger partial charge in [-0.2, -0.15) is 0 Å². The molecule has 0 aliphatic rings. The van der Waals surface area contributed by atoms with E-state index in [4.69, 9.17) is 5.11 Å². The fourth-order valence-electron chi connectivity index (χ4n) is 1.74. The molecule has 0 saturated carbocycles. The van der Waals surface area contributed by atoms with Gasteiger partial charge in [-0.15, -0.1) is 12.6 Å². The quantitative estimate of drug-likeness (QED) is 0.813. The largest absolute Gasteiger partial charge is 0.478 e. The number of aromatic carboxylic acids is 1. The third-order valence-electron chi connectivity index (χ3n) is 2.75. The molecule has 4 heteroatoms. The number of aryl methyl sites for hydroxylation is 2. The number of pyridine rings is 1. The lowest BCUT2D eigenvalue weighted by Gasteiger charge is -2.08. The lowest BCUT2D eigenvalue weighted by Crippen LogP contribution is -2.03. The summed E-state index contributed by atoms with van der Waals surface area (Å²) in [6.45, 7) is 3.70. The van der Waals surface area contributed by atoms with E-state index in [-0.39, 0.29) is 5.56 Å². The van der Waals surface area contributed by atoms with Crippen molar-refractivity contribution in [2.75, 3.05) is 0 Å². The summed E-state index contributed by atoms with van der Waals surface area (Å²) >= 11 is 4.32. The van der Waals surface area contributed by atoms with Crippen molar-refractivity contribution in [3.63, 3.8) is 0 Å². The first-order valence-electron chi connectivity index (χ1n) is 5.50. The molecule has 1 heterocycles. The number of rotatable bonds is 2. The van der Waals surface area contributed by atoms with Crippen LogP contribution in [0.5, 0.6) is 0 Å². The van der Waals surface area contributed by atoms with Gasteiger partial charge in [0.25, 0.3) is 0 Å². The third-order valence-corrected chi connectivity index (χ3v) is 3.09. The van der Waals surface area contributed by atoms with Crippen molar-refractivity contribution in [1.29, 1.82) is 0 Å². The van der Waals surface area contributed by atoms with Gasteiger partial charge < -0.3 is 5.11 Å². The minimum absolute atomic E-state index is 0.191. The van der Waals surface area contributed by atoms with Gasteiger partial charge in [0.05, 0.1) is 17.0 Å². The van der Waals surface area contributed by atoms with Crippen LogP contribution in [0.1, 0.15) is 21.6 Å². The van der Waals surface area contributed by atoms with Gasteiger partial charge in [-0.25, -0.2) is 4.79 Å². The number of benzene rings is 1. The molecule has 1 aromatic heterocycles. The van der Waals surface area contributed by atoms with E-state index in [9.17, 15) is 4.79 Å². The van der Waals surface area contributed by atoms with E-state index in [1.54, 1.807) is 13.0 Å². The first-order valence-corrected chi connectivity index (χ1v) is 5.94. The molecular formula is C14H13NO2S. The fraction of sp³-hybridized carbons (Fsp3) is 0.143. The monoisotopic (exact) mass is 259 g/mol. The summed E-state index contributed by atoms with van der Waals surface area (Å²) in [5.74, 6) is -0.981. The Morgan fingerprint density at radius 2 is 1.83 bits per heavy atom. The predicted molar refractivity (Wildman–Crippen MR) is 73.4 cm³/mol. The van der Waals surface area contributed by atoms with Crippen LogP contribution in [0.15, 0.2) is 35.2 Å². The second-order valence-corrected chi connectivity index (χ2v) is 4.64. The topological polar surface area (TPSA) is 50.2 Å². The van der Waals surface area contributed by atoms with E-state index in [0.29, 0.717) is 16.3 Å². The van der Waals surface area contributed by atoms with Crippen molar-refractivity contribution in [3.05, 3.63) is 47.2 Å². The Kier molecular flexibility index (Phi) is 3.39. The molecule has 2 aromatic rings. The first-order chi connectivity index (χ1) is 8.49. The molecule has 0 aliphatic carbocycles. The van der Waals surface area contributed by atoms with Crippen molar-refractivity contribution in [2.45, 2.75) is 18.7 Å². The van der Waals surface area contributed by atoms with E-state index < -0.39 is 5.97 Å². The van der Waals surface area contributed by atoms with Gasteiger partial charge in [-0.05, 0) is 19.9 Å². The molecule has 0 saturated heterocycles. The standard InChI is InChI=1S/C14H13NO2S/c1-8-3-5-10(6-4-8)13-12(18)7-11(14(16)17)9(2)15-13/h3-7,18H,1-2H3,(H,16,17). The highest BCUT2D eigenvalue weighted by Gasteiger charge is 2.13. The summed E-state index contributed by atoms with van der Waals surface area (Å²) < 4.78 is 0. The van der Waals surface area contributed by atoms with Crippen molar-refractivity contribution in [2.24, 2.45) is 0 Å². The molecule has 0 bridgehead atoms. The number of nitrogens with zero attached hydrogens (tertiary/aromatic N) is 1. The zero-order valence-corrected chi connectivity index (χ0v) is 11.0. The van der Waals surface area contributed by atoms with Crippen LogP contribution in [0.25, 0.3) is 11.3 Å². The molecule has 0 radical (unpaired) electrons. The summed E-state index contributed by atoms with van der Waals surface area (Å²) in [6.07, 6.45) is 0. The van der Waals surface area contributed by atoms with Crippen molar-refractivity contribution in [1.82, 2.24) is 4.98 Å². The Bertz CT molecular complexity index is 606. The maximum absolute atomic E-state index is 11.0. The number of hydrogen-bond donors (Lipinski definition) is 2. The van der Waals surface area contributed by atoms with Crippen LogP contribution in [-0.4, -0.2) is 16.1 Å². The number of thiol groups is 1. The Hall–Kier alpha value is -1.81. The van der Waals surface area contributed by atoms with E-state index in [2.05, 4.69) is 17.6 Å². The van der Waals surface area contributed by atoms with E-state index in [1.807, 2.05) is 31.2 Å². The van der Waals surface area contributed by atoms with Gasteiger partial charge in [0.2, 0.25) is 0 Å². The fourth-order valence-corrected chi connectivity index (χ4v) is 2.04. The minimum atomic E-state index is -0.981. The lowest BCUT2D eigenvalue weighted by atomic mass is 10.1. The van der Waals surface area contributed by atoms with E-state index >= 15 is 0 Å². The van der Waals surface area contributed by atoms with Crippen LogP contribution in [-0.2, 0) is 0 Å². The molecule has 0 atom stereocenters. The molecule has 0 unspecified atom stereocenters. The Morgan fingerprint density at radius 3 is 2.39 bits per heavy atom. The van der Waals surface area contributed by atoms with Crippen LogP contribution in [0.2, 0.25) is 0 Å². The Balaban J connectivity index is 2.56. The smallest absolute Gasteiger partial charge is 0.337 e. The molecular weight excluding hydrogens is 246 g/mol. The number of carboxylic acids is 1. The first kappa shape index (κ1) is 12.6. The summed E-state index contributed by atoms with van der Waals surface area (Å²) in [5, 5.41) is 9.01. The number of carboxylic acid groups (broad SMARTS) is 1. The zero-order chi connectivity index (χ0) is 13.3. The number of hydrogen-bond acceptors (Lipinski definition) is 3. The lowest BCUT2D eigenvalue weighted by molar-refractivity contribution is 0.0695. The third kappa shape index (κ3) is 2.38. The average Bonchev–Trinajstić information content (AvgIpc) is 2.32. The number of carbonyl (C=O) groups is 1. The molecule has 2 rings (SSSR count). The van der Waals surface area contributed by atoms with E-state index in [0.717, 1.165) is 5.56 Å². The van der Waals surface area contributed by atoms with Crippen LogP contribution in [0, 0.1) is 13.8 Å². The summed E-state index contributed by atoms with van der Waals surface area (Å²) in [7, 11) is 0. The minimum Gasteiger partial charge on any atom is -0.478 e. The molecule has 0 spiro atoms. The van der Waals surface area contributed by atoms with Crippen LogP contribution in [0.4, 0.5) is 0 Å². The summed E-state index contributed by atoms with van der Waals surface area (Å²) in [4.78, 5) is 15.9. The molecule has 1 N–H and O–H groups in total. The van der Waals surface area contributed by atoms with Crippen LogP contribution >= 0.6 is 12.6 Å². The highest BCUT2D eigenvalue weighted by Crippen LogP contribution is 2.26. The maximum Gasteiger partial charge on any atom is 0.337 e. The summed E-state index contributed by atoms with van der Waals surface area (Å²) in [5.41, 5.74) is 3.50. The Morgan fingerprint density at radius 1 is 1.22 bits per heavy atom. The molecule has 0 amide bonds. The molecule has 0 fully saturated rings. The van der Waals surface area contributed by atoms with Gasteiger partial charge in [-0.1, -0.05) is 29.8 Å². The second-order valence-electron chi connectivity index (χ2n) is 4.16. The van der Waals surface area contributed by atoms with Crippen molar-refractivity contribution in [3.8, 4) is 11.3 Å². The van der Waals surface area contributed by atoms with Gasteiger partial charge in [0, 0.05) is 10.5 Å². The molecule has 92 valence electrons. The SMILES string of the molecule is Cc1ccc(-c2nc(C)c(C(=O)O)cc2S)cc1. The number of aromatic nitrogens is 1. The molecule has 1 aromatic carbocycles. The highest BCUT2D eigenvalue weighted by molar-refractivity contribution is 7.80. The van der Waals surface area contributed by atoms with Crippen molar-refractivity contribution < 1.29 is 9.90 Å². The van der Waals surface area contributed by atoms with Gasteiger partial charge in [0.15, 0.2) is 0 Å².